The van der Waals surface area contributed by atoms with Gasteiger partial charge < -0.3 is 20.3 Å². The van der Waals surface area contributed by atoms with Gasteiger partial charge in [-0.3, -0.25) is 4.79 Å². The molecule has 1 aromatic carbocycles. The second-order valence-electron chi connectivity index (χ2n) is 6.67. The van der Waals surface area contributed by atoms with Crippen molar-refractivity contribution in [3.8, 4) is 0 Å². The van der Waals surface area contributed by atoms with Crippen molar-refractivity contribution in [1.82, 2.24) is 0 Å². The third kappa shape index (κ3) is 14.6. The molecule has 0 fully saturated rings. The first-order valence-electron chi connectivity index (χ1n) is 7.29. The number of aliphatic hydroxyl groups is 1. The lowest BCUT2D eigenvalue weighted by molar-refractivity contribution is -0.149. The molecule has 0 unspecified atom stereocenters. The van der Waals surface area contributed by atoms with Gasteiger partial charge in [-0.1, -0.05) is 30.3 Å². The fraction of sp³-hybridized carbons (Fsp3) is 0.529. The van der Waals surface area contributed by atoms with Gasteiger partial charge >= 0.3 is 12.1 Å². The smallest absolute Gasteiger partial charge is 0.405 e. The predicted octanol–water partition coefficient (Wildman–Crippen LogP) is 2.77. The Morgan fingerprint density at radius 1 is 1.09 bits per heavy atom. The Labute approximate surface area is 137 Å². The number of carbonyl (C=O) groups is 2. The van der Waals surface area contributed by atoms with Crippen molar-refractivity contribution in [2.24, 2.45) is 5.73 Å². The summed E-state index contributed by atoms with van der Waals surface area (Å²) in [5.41, 5.74) is 4.20. The van der Waals surface area contributed by atoms with Crippen molar-refractivity contribution in [1.29, 1.82) is 0 Å². The molecule has 1 amide bonds. The Bertz CT molecular complexity index is 486. The molecule has 0 saturated carbocycles. The summed E-state index contributed by atoms with van der Waals surface area (Å²) in [6.45, 7) is 8.70. The predicted molar refractivity (Wildman–Crippen MR) is 87.6 cm³/mol. The maximum Gasteiger partial charge on any atom is 0.405 e. The number of primary amides is 1. The second-order valence-corrected chi connectivity index (χ2v) is 6.67. The quantitative estimate of drug-likeness (QED) is 0.829. The van der Waals surface area contributed by atoms with Gasteiger partial charge in [0.2, 0.25) is 0 Å². The maximum absolute atomic E-state index is 11.2. The van der Waals surface area contributed by atoms with Crippen molar-refractivity contribution in [3.63, 3.8) is 0 Å². The van der Waals surface area contributed by atoms with Crippen LogP contribution in [0, 0.1) is 0 Å². The van der Waals surface area contributed by atoms with Gasteiger partial charge in [-0.15, -0.1) is 0 Å². The number of nitrogens with two attached hydrogens (primary N) is 1. The summed E-state index contributed by atoms with van der Waals surface area (Å²) in [5.74, 6) is -0.383. The normalized spacial score (nSPS) is 11.0. The Balaban J connectivity index is 0.000000515. The summed E-state index contributed by atoms with van der Waals surface area (Å²) >= 11 is 0. The molecule has 130 valence electrons. The molecule has 1 rings (SSSR count). The number of hydrogen-bond donors (Lipinski definition) is 2. The van der Waals surface area contributed by atoms with Gasteiger partial charge in [-0.25, -0.2) is 4.79 Å². The Kier molecular flexibility index (Phi) is 8.32. The highest BCUT2D eigenvalue weighted by atomic mass is 16.6. The van der Waals surface area contributed by atoms with Crippen LogP contribution in [-0.4, -0.2) is 28.4 Å². The lowest BCUT2D eigenvalue weighted by Crippen LogP contribution is -2.27. The molecule has 0 heterocycles. The molecule has 0 radical (unpaired) electrons. The Hall–Kier alpha value is -2.08. The lowest BCUT2D eigenvalue weighted by atomic mass is 10.1. The molecular weight excluding hydrogens is 298 g/mol. The monoisotopic (exact) mass is 325 g/mol. The van der Waals surface area contributed by atoms with E-state index in [1.165, 1.54) is 0 Å². The summed E-state index contributed by atoms with van der Waals surface area (Å²) in [7, 11) is 0. The highest BCUT2D eigenvalue weighted by Gasteiger charge is 2.18. The van der Waals surface area contributed by atoms with Crippen LogP contribution in [0.2, 0.25) is 0 Å². The van der Waals surface area contributed by atoms with Gasteiger partial charge in [0.15, 0.2) is 0 Å². The van der Waals surface area contributed by atoms with E-state index in [9.17, 15) is 14.7 Å². The number of rotatable bonds is 4. The molecule has 6 nitrogen and oxygen atoms in total. The summed E-state index contributed by atoms with van der Waals surface area (Å²) in [6, 6.07) is 9.45. The molecule has 0 atom stereocenters. The van der Waals surface area contributed by atoms with Gasteiger partial charge in [-0.05, 0) is 40.2 Å². The number of benzene rings is 1. The van der Waals surface area contributed by atoms with Gasteiger partial charge in [-0.2, -0.15) is 0 Å². The molecule has 0 aliphatic carbocycles. The van der Waals surface area contributed by atoms with E-state index in [0.717, 1.165) is 5.56 Å². The standard InChI is InChI=1S/C12H16O3.C5H11NO2/c1-12(2,14)8-11(13)15-9-10-6-4-3-5-7-10;1-5(2,3)8-4(6)7/h3-7,14H,8-9H2,1-2H3;1-3H3,(H2,6,7). The van der Waals surface area contributed by atoms with Crippen LogP contribution in [0.1, 0.15) is 46.6 Å². The van der Waals surface area contributed by atoms with Crippen molar-refractivity contribution >= 4 is 12.1 Å². The molecule has 0 bridgehead atoms. The highest BCUT2D eigenvalue weighted by Crippen LogP contribution is 2.09. The van der Waals surface area contributed by atoms with Crippen LogP contribution < -0.4 is 5.73 Å². The first kappa shape index (κ1) is 20.9. The van der Waals surface area contributed by atoms with Crippen molar-refractivity contribution in [3.05, 3.63) is 35.9 Å². The Morgan fingerprint density at radius 2 is 1.61 bits per heavy atom. The van der Waals surface area contributed by atoms with Crippen LogP contribution in [0.5, 0.6) is 0 Å². The molecule has 3 N–H and O–H groups in total. The topological polar surface area (TPSA) is 98.9 Å². The number of hydrogen-bond acceptors (Lipinski definition) is 5. The molecule has 1 aromatic rings. The molecule has 6 heteroatoms. The van der Waals surface area contributed by atoms with Crippen LogP contribution in [0.4, 0.5) is 4.79 Å². The molecule has 0 aliphatic rings. The van der Waals surface area contributed by atoms with Crippen LogP contribution in [0.3, 0.4) is 0 Å². The third-order valence-corrected chi connectivity index (χ3v) is 2.23. The third-order valence-electron chi connectivity index (χ3n) is 2.23. The minimum Gasteiger partial charge on any atom is -0.461 e. The maximum atomic E-state index is 11.2. The minimum atomic E-state index is -1.01. The SMILES string of the molecule is CC(C)(C)OC(N)=O.CC(C)(O)CC(=O)OCc1ccccc1. The van der Waals surface area contributed by atoms with Gasteiger partial charge in [0.1, 0.15) is 12.2 Å². The van der Waals surface area contributed by atoms with Crippen molar-refractivity contribution in [2.75, 3.05) is 0 Å². The van der Waals surface area contributed by atoms with Crippen molar-refractivity contribution in [2.45, 2.75) is 58.8 Å². The van der Waals surface area contributed by atoms with E-state index in [0.29, 0.717) is 0 Å². The van der Waals surface area contributed by atoms with Crippen LogP contribution in [0.15, 0.2) is 30.3 Å². The van der Waals surface area contributed by atoms with Crippen molar-refractivity contribution < 1.29 is 24.2 Å². The minimum absolute atomic E-state index is 0.0137. The van der Waals surface area contributed by atoms with Crippen LogP contribution >= 0.6 is 0 Å². The fourth-order valence-electron chi connectivity index (χ4n) is 1.44. The molecule has 0 spiro atoms. The summed E-state index contributed by atoms with van der Waals surface area (Å²) in [4.78, 5) is 21.3. The van der Waals surface area contributed by atoms with E-state index in [-0.39, 0.29) is 19.0 Å². The van der Waals surface area contributed by atoms with Gasteiger partial charge in [0.25, 0.3) is 0 Å². The van der Waals surface area contributed by atoms with E-state index >= 15 is 0 Å². The summed E-state index contributed by atoms with van der Waals surface area (Å²) in [6.07, 6.45) is -0.711. The first-order chi connectivity index (χ1) is 10.4. The molecule has 0 aromatic heterocycles. The van der Waals surface area contributed by atoms with E-state index < -0.39 is 17.3 Å². The fourth-order valence-corrected chi connectivity index (χ4v) is 1.44. The van der Waals surface area contributed by atoms with E-state index in [1.54, 1.807) is 34.6 Å². The zero-order valence-electron chi connectivity index (χ0n) is 14.5. The number of esters is 1. The molecule has 0 saturated heterocycles. The van der Waals surface area contributed by atoms with E-state index in [2.05, 4.69) is 4.74 Å². The summed E-state index contributed by atoms with van der Waals surface area (Å²) < 4.78 is 9.58. The van der Waals surface area contributed by atoms with E-state index in [1.807, 2.05) is 30.3 Å². The largest absolute Gasteiger partial charge is 0.461 e. The Morgan fingerprint density at radius 3 is 1.96 bits per heavy atom. The first-order valence-corrected chi connectivity index (χ1v) is 7.29. The average molecular weight is 325 g/mol. The highest BCUT2D eigenvalue weighted by molar-refractivity contribution is 5.70. The molecule has 23 heavy (non-hydrogen) atoms. The lowest BCUT2D eigenvalue weighted by Gasteiger charge is -2.16. The van der Waals surface area contributed by atoms with Crippen LogP contribution in [-0.2, 0) is 20.9 Å². The zero-order valence-corrected chi connectivity index (χ0v) is 14.5. The molecule has 0 aliphatic heterocycles. The second kappa shape index (κ2) is 9.15. The number of amides is 1. The van der Waals surface area contributed by atoms with Gasteiger partial charge in [0.05, 0.1) is 12.0 Å². The van der Waals surface area contributed by atoms with Crippen LogP contribution in [0.25, 0.3) is 0 Å². The average Bonchev–Trinajstić information content (AvgIpc) is 2.33. The zero-order chi connectivity index (χ0) is 18.1. The van der Waals surface area contributed by atoms with Gasteiger partial charge in [0, 0.05) is 0 Å². The summed E-state index contributed by atoms with van der Waals surface area (Å²) in [5, 5.41) is 9.38. The molecular formula is C17H27NO5. The number of ether oxygens (including phenoxy) is 2. The van der Waals surface area contributed by atoms with E-state index in [4.69, 9.17) is 10.5 Å². The number of carbonyl (C=O) groups excluding carboxylic acids is 2.